The minimum absolute atomic E-state index is 0.0232. The molecule has 0 amide bonds. The molecular weight excluding hydrogens is 334 g/mol. The largest absolute Gasteiger partial charge is 0.439 e. The van der Waals surface area contributed by atoms with E-state index in [4.69, 9.17) is 16.0 Å². The molecule has 3 nitrogen and oxygen atoms in total. The van der Waals surface area contributed by atoms with Crippen LogP contribution in [0.2, 0.25) is 0 Å². The van der Waals surface area contributed by atoms with Crippen LogP contribution in [-0.4, -0.2) is 16.6 Å². The van der Waals surface area contributed by atoms with Crippen LogP contribution in [0, 0.1) is 0 Å². The maximum Gasteiger partial charge on any atom is 0.263 e. The quantitative estimate of drug-likeness (QED) is 0.249. The van der Waals surface area contributed by atoms with Gasteiger partial charge in [-0.05, 0) is 37.7 Å². The van der Waals surface area contributed by atoms with Crippen LogP contribution < -0.4 is 0 Å². The molecule has 0 spiro atoms. The zero-order chi connectivity index (χ0) is 17.7. The normalized spacial score (nSPS) is 10.9. The average Bonchev–Trinajstić information content (AvgIpc) is 3.11. The van der Waals surface area contributed by atoms with Gasteiger partial charge in [-0.15, -0.1) is 11.6 Å². The summed E-state index contributed by atoms with van der Waals surface area (Å²) in [6.07, 6.45) is 11.6. The third-order valence-corrected chi connectivity index (χ3v) is 4.58. The van der Waals surface area contributed by atoms with Crippen LogP contribution in [0.4, 0.5) is 0 Å². The van der Waals surface area contributed by atoms with Crippen LogP contribution in [0.15, 0.2) is 40.9 Å². The summed E-state index contributed by atoms with van der Waals surface area (Å²) in [5.74, 6) is 1.80. The molecule has 25 heavy (non-hydrogen) atoms. The van der Waals surface area contributed by atoms with Gasteiger partial charge in [0, 0.05) is 18.7 Å². The Balaban J connectivity index is 1.56. The van der Waals surface area contributed by atoms with Crippen LogP contribution in [0.1, 0.15) is 73.4 Å². The molecule has 0 aliphatic heterocycles. The van der Waals surface area contributed by atoms with Crippen molar-refractivity contribution in [3.05, 3.63) is 53.7 Å². The predicted molar refractivity (Wildman–Crippen MR) is 102 cm³/mol. The number of aromatic nitrogens is 1. The molecule has 1 aromatic heterocycles. The fraction of sp³-hybridized carbons (Fsp3) is 0.524. The van der Waals surface area contributed by atoms with Crippen LogP contribution in [0.25, 0.3) is 0 Å². The molecule has 0 radical (unpaired) electrons. The van der Waals surface area contributed by atoms with Crippen molar-refractivity contribution in [2.75, 3.05) is 5.88 Å². The highest BCUT2D eigenvalue weighted by atomic mass is 35.5. The summed E-state index contributed by atoms with van der Waals surface area (Å²) in [6, 6.07) is 10.5. The minimum Gasteiger partial charge on any atom is -0.439 e. The third kappa shape index (κ3) is 7.87. The fourth-order valence-corrected chi connectivity index (χ4v) is 3.03. The van der Waals surface area contributed by atoms with Gasteiger partial charge in [0.25, 0.3) is 5.89 Å². The van der Waals surface area contributed by atoms with Crippen molar-refractivity contribution in [2.24, 2.45) is 0 Å². The zero-order valence-corrected chi connectivity index (χ0v) is 15.6. The van der Waals surface area contributed by atoms with E-state index in [-0.39, 0.29) is 11.7 Å². The zero-order valence-electron chi connectivity index (χ0n) is 14.9. The van der Waals surface area contributed by atoms with E-state index in [0.717, 1.165) is 57.1 Å². The van der Waals surface area contributed by atoms with Crippen molar-refractivity contribution in [3.8, 4) is 0 Å². The summed E-state index contributed by atoms with van der Waals surface area (Å²) in [5, 5.41) is 0. The maximum atomic E-state index is 12.1. The van der Waals surface area contributed by atoms with E-state index in [1.54, 1.807) is 6.20 Å². The minimum atomic E-state index is 0.0232. The maximum absolute atomic E-state index is 12.1. The molecule has 2 aromatic rings. The molecule has 0 bridgehead atoms. The lowest BCUT2D eigenvalue weighted by Crippen LogP contribution is -1.99. The van der Waals surface area contributed by atoms with Crippen molar-refractivity contribution >= 4 is 17.4 Å². The second-order valence-electron chi connectivity index (χ2n) is 6.45. The SMILES string of the molecule is O=C(CCCCCCc1ccccc1)c1ncc(CCCCCCl)o1. The number of carbonyl (C=O) groups excluding carboxylic acids is 1. The first-order chi connectivity index (χ1) is 12.3. The van der Waals surface area contributed by atoms with Gasteiger partial charge in [0.15, 0.2) is 0 Å². The van der Waals surface area contributed by atoms with Gasteiger partial charge >= 0.3 is 0 Å². The highest BCUT2D eigenvalue weighted by Crippen LogP contribution is 2.13. The molecule has 0 N–H and O–H groups in total. The molecule has 0 atom stereocenters. The Hall–Kier alpha value is -1.61. The van der Waals surface area contributed by atoms with Gasteiger partial charge in [0.1, 0.15) is 5.76 Å². The highest BCUT2D eigenvalue weighted by molar-refractivity contribution is 6.17. The van der Waals surface area contributed by atoms with Crippen LogP contribution in [-0.2, 0) is 12.8 Å². The summed E-state index contributed by atoms with van der Waals surface area (Å²) >= 11 is 5.66. The second kappa shape index (κ2) is 11.9. The van der Waals surface area contributed by atoms with Gasteiger partial charge in [-0.25, -0.2) is 4.98 Å². The summed E-state index contributed by atoms with van der Waals surface area (Å²) in [4.78, 5) is 16.2. The Morgan fingerprint density at radius 2 is 1.64 bits per heavy atom. The number of carbonyl (C=O) groups is 1. The number of benzene rings is 1. The number of oxazole rings is 1. The van der Waals surface area contributed by atoms with E-state index in [2.05, 4.69) is 29.2 Å². The Morgan fingerprint density at radius 1 is 0.920 bits per heavy atom. The topological polar surface area (TPSA) is 43.1 Å². The lowest BCUT2D eigenvalue weighted by molar-refractivity contribution is 0.0943. The molecule has 0 unspecified atom stereocenters. The van der Waals surface area contributed by atoms with Crippen molar-refractivity contribution in [2.45, 2.75) is 64.2 Å². The molecule has 2 rings (SSSR count). The molecule has 0 saturated carbocycles. The van der Waals surface area contributed by atoms with Gasteiger partial charge in [-0.1, -0.05) is 49.6 Å². The van der Waals surface area contributed by atoms with Crippen molar-refractivity contribution in [1.82, 2.24) is 4.98 Å². The Morgan fingerprint density at radius 3 is 2.44 bits per heavy atom. The molecule has 1 aromatic carbocycles. The Bertz CT molecular complexity index is 609. The van der Waals surface area contributed by atoms with E-state index in [0.29, 0.717) is 12.3 Å². The molecular formula is C21H28ClNO2. The first-order valence-corrected chi connectivity index (χ1v) is 9.91. The van der Waals surface area contributed by atoms with Gasteiger partial charge in [-0.3, -0.25) is 4.79 Å². The molecule has 1 heterocycles. The van der Waals surface area contributed by atoms with E-state index < -0.39 is 0 Å². The molecule has 0 saturated heterocycles. The number of rotatable bonds is 13. The van der Waals surface area contributed by atoms with Gasteiger partial charge < -0.3 is 4.42 Å². The summed E-state index contributed by atoms with van der Waals surface area (Å²) in [6.45, 7) is 0. The number of hydrogen-bond donors (Lipinski definition) is 0. The van der Waals surface area contributed by atoms with Crippen molar-refractivity contribution < 1.29 is 9.21 Å². The van der Waals surface area contributed by atoms with Crippen LogP contribution in [0.5, 0.6) is 0 Å². The van der Waals surface area contributed by atoms with Crippen LogP contribution in [0.3, 0.4) is 0 Å². The Labute approximate surface area is 155 Å². The second-order valence-corrected chi connectivity index (χ2v) is 6.83. The lowest BCUT2D eigenvalue weighted by Gasteiger charge is -2.01. The number of nitrogens with zero attached hydrogens (tertiary/aromatic N) is 1. The standard InChI is InChI=1S/C21H28ClNO2/c22-16-10-4-8-14-19-17-23-21(25-19)20(24)15-9-2-1-5-11-18-12-6-3-7-13-18/h3,6-7,12-13,17H,1-2,4-5,8-11,14-16H2. The molecule has 136 valence electrons. The van der Waals surface area contributed by atoms with Crippen molar-refractivity contribution in [3.63, 3.8) is 0 Å². The monoisotopic (exact) mass is 361 g/mol. The van der Waals surface area contributed by atoms with E-state index in [1.165, 1.54) is 12.0 Å². The Kier molecular flexibility index (Phi) is 9.35. The number of unbranched alkanes of at least 4 members (excludes halogenated alkanes) is 5. The van der Waals surface area contributed by atoms with E-state index in [1.807, 2.05) is 6.07 Å². The number of halogens is 1. The summed E-state index contributed by atoms with van der Waals surface area (Å²) in [5.41, 5.74) is 1.39. The molecule has 0 aliphatic carbocycles. The van der Waals surface area contributed by atoms with Gasteiger partial charge in [-0.2, -0.15) is 0 Å². The number of aryl methyl sites for hydroxylation is 2. The van der Waals surface area contributed by atoms with E-state index in [9.17, 15) is 4.79 Å². The molecule has 0 fully saturated rings. The first-order valence-electron chi connectivity index (χ1n) is 9.37. The molecule has 0 aliphatic rings. The predicted octanol–water partition coefficient (Wildman–Crippen LogP) is 6.00. The third-order valence-electron chi connectivity index (χ3n) is 4.31. The number of Topliss-reactive ketones (excluding diaryl/α,β-unsaturated/α-hetero) is 1. The van der Waals surface area contributed by atoms with Crippen molar-refractivity contribution in [1.29, 1.82) is 0 Å². The first kappa shape index (κ1) is 19.7. The summed E-state index contributed by atoms with van der Waals surface area (Å²) < 4.78 is 5.57. The fourth-order valence-electron chi connectivity index (χ4n) is 2.84. The van der Waals surface area contributed by atoms with Gasteiger partial charge in [0.05, 0.1) is 6.20 Å². The number of alkyl halides is 1. The van der Waals surface area contributed by atoms with Crippen LogP contribution >= 0.6 is 11.6 Å². The smallest absolute Gasteiger partial charge is 0.263 e. The van der Waals surface area contributed by atoms with Gasteiger partial charge in [0.2, 0.25) is 5.78 Å². The highest BCUT2D eigenvalue weighted by Gasteiger charge is 2.12. The summed E-state index contributed by atoms with van der Waals surface area (Å²) in [7, 11) is 0. The molecule has 4 heteroatoms. The lowest BCUT2D eigenvalue weighted by atomic mass is 10.0. The van der Waals surface area contributed by atoms with E-state index >= 15 is 0 Å². The number of ketones is 1. The average molecular weight is 362 g/mol. The number of hydrogen-bond acceptors (Lipinski definition) is 3.